The van der Waals surface area contributed by atoms with Gasteiger partial charge in [0.05, 0.1) is 18.9 Å². The van der Waals surface area contributed by atoms with E-state index in [1.165, 1.54) is 13.3 Å². The highest BCUT2D eigenvalue weighted by Gasteiger charge is 2.11. The number of rotatable bonds is 5. The molecule has 1 N–H and O–H groups in total. The van der Waals surface area contributed by atoms with E-state index in [0.717, 1.165) is 10.9 Å². The third-order valence-electron chi connectivity index (χ3n) is 4.22. The zero-order valence-corrected chi connectivity index (χ0v) is 15.4. The molecule has 2 aromatic heterocycles. The summed E-state index contributed by atoms with van der Waals surface area (Å²) in [6.45, 7) is 0. The Bertz CT molecular complexity index is 1170. The molecule has 0 saturated carbocycles. The van der Waals surface area contributed by atoms with Crippen molar-refractivity contribution in [1.82, 2.24) is 5.43 Å². The minimum absolute atomic E-state index is 0.175. The number of furan rings is 2. The van der Waals surface area contributed by atoms with E-state index in [2.05, 4.69) is 15.3 Å². The maximum Gasteiger partial charge on any atom is 0.337 e. The lowest BCUT2D eigenvalue weighted by atomic mass is 10.1. The Hall–Kier alpha value is -4.13. The molecule has 0 unspecified atom stereocenters. The Labute approximate surface area is 165 Å². The van der Waals surface area contributed by atoms with E-state index in [4.69, 9.17) is 8.83 Å². The highest BCUT2D eigenvalue weighted by molar-refractivity contribution is 5.96. The van der Waals surface area contributed by atoms with Gasteiger partial charge >= 0.3 is 11.9 Å². The number of nitrogens with zero attached hydrogens (tertiary/aromatic N) is 1. The van der Waals surface area contributed by atoms with Crippen LogP contribution in [-0.2, 0) is 4.74 Å². The summed E-state index contributed by atoms with van der Waals surface area (Å²) in [6, 6.07) is 19.3. The highest BCUT2D eigenvalue weighted by Crippen LogP contribution is 2.22. The van der Waals surface area contributed by atoms with Gasteiger partial charge in [-0.1, -0.05) is 30.3 Å². The summed E-state index contributed by atoms with van der Waals surface area (Å²) < 4.78 is 15.9. The van der Waals surface area contributed by atoms with Crippen LogP contribution in [0.5, 0.6) is 0 Å². The fourth-order valence-electron chi connectivity index (χ4n) is 2.77. The fraction of sp³-hybridized carbons (Fsp3) is 0.0455. The summed E-state index contributed by atoms with van der Waals surface area (Å²) in [5.74, 6) is 0.384. The molecular formula is C22H16N2O5. The predicted molar refractivity (Wildman–Crippen MR) is 107 cm³/mol. The minimum atomic E-state index is -0.456. The van der Waals surface area contributed by atoms with Gasteiger partial charge in [-0.3, -0.25) is 4.79 Å². The fourth-order valence-corrected chi connectivity index (χ4v) is 2.77. The molecule has 7 nitrogen and oxygen atoms in total. The van der Waals surface area contributed by atoms with Crippen LogP contribution in [-0.4, -0.2) is 25.2 Å². The second kappa shape index (κ2) is 7.85. The monoisotopic (exact) mass is 388 g/mol. The largest absolute Gasteiger partial charge is 0.465 e. The van der Waals surface area contributed by atoms with Gasteiger partial charge in [-0.2, -0.15) is 5.10 Å². The third-order valence-corrected chi connectivity index (χ3v) is 4.22. The van der Waals surface area contributed by atoms with E-state index >= 15 is 0 Å². The van der Waals surface area contributed by atoms with Gasteiger partial charge in [0.1, 0.15) is 17.1 Å². The van der Waals surface area contributed by atoms with Crippen LogP contribution in [0.1, 0.15) is 26.7 Å². The van der Waals surface area contributed by atoms with Gasteiger partial charge in [-0.25, -0.2) is 10.2 Å². The smallest absolute Gasteiger partial charge is 0.337 e. The number of esters is 1. The molecule has 0 aliphatic heterocycles. The molecule has 1 amide bonds. The molecule has 0 aliphatic rings. The van der Waals surface area contributed by atoms with Crippen molar-refractivity contribution < 1.29 is 23.2 Å². The van der Waals surface area contributed by atoms with Crippen molar-refractivity contribution in [3.05, 3.63) is 83.8 Å². The number of para-hydroxylation sites is 1. The van der Waals surface area contributed by atoms with E-state index in [9.17, 15) is 9.59 Å². The van der Waals surface area contributed by atoms with E-state index in [1.807, 2.05) is 18.2 Å². The van der Waals surface area contributed by atoms with Crippen molar-refractivity contribution in [2.75, 3.05) is 7.11 Å². The first kappa shape index (κ1) is 18.2. The zero-order valence-electron chi connectivity index (χ0n) is 15.4. The lowest BCUT2D eigenvalue weighted by Gasteiger charge is -2.00. The molecule has 4 aromatic rings. The second-order valence-corrected chi connectivity index (χ2v) is 6.12. The Morgan fingerprint density at radius 2 is 1.79 bits per heavy atom. The van der Waals surface area contributed by atoms with E-state index in [0.29, 0.717) is 22.7 Å². The topological polar surface area (TPSA) is 94.0 Å². The number of carbonyl (C=O) groups is 2. The lowest BCUT2D eigenvalue weighted by Crippen LogP contribution is -2.16. The molecule has 0 spiro atoms. The molecule has 0 fully saturated rings. The van der Waals surface area contributed by atoms with Gasteiger partial charge in [0.2, 0.25) is 0 Å². The molecule has 29 heavy (non-hydrogen) atoms. The minimum Gasteiger partial charge on any atom is -0.465 e. The molecule has 2 aromatic carbocycles. The van der Waals surface area contributed by atoms with Gasteiger partial charge in [0.15, 0.2) is 5.76 Å². The standard InChI is InChI=1S/C22H16N2O5/c1-27-22(26)15-8-6-14(7-9-15)19-11-10-17(28-19)13-23-24-21(25)20-12-16-4-2-3-5-18(16)29-20/h2-13H,1H3,(H,24,25). The summed E-state index contributed by atoms with van der Waals surface area (Å²) in [4.78, 5) is 23.6. The van der Waals surface area contributed by atoms with Crippen LogP contribution in [0.25, 0.3) is 22.3 Å². The van der Waals surface area contributed by atoms with Gasteiger partial charge in [-0.05, 0) is 36.4 Å². The number of fused-ring (bicyclic) bond motifs is 1. The second-order valence-electron chi connectivity index (χ2n) is 6.12. The molecule has 0 aliphatic carbocycles. The van der Waals surface area contributed by atoms with Crippen molar-refractivity contribution in [3.8, 4) is 11.3 Å². The van der Waals surface area contributed by atoms with Crippen LogP contribution < -0.4 is 5.43 Å². The van der Waals surface area contributed by atoms with Gasteiger partial charge in [0.25, 0.3) is 0 Å². The summed E-state index contributed by atoms with van der Waals surface area (Å²) in [7, 11) is 1.33. The van der Waals surface area contributed by atoms with Crippen molar-refractivity contribution in [2.45, 2.75) is 0 Å². The number of amides is 1. The molecule has 7 heteroatoms. The Kier molecular flexibility index (Phi) is 4.94. The van der Waals surface area contributed by atoms with Crippen molar-refractivity contribution in [2.24, 2.45) is 5.10 Å². The first-order valence-electron chi connectivity index (χ1n) is 8.74. The molecule has 144 valence electrons. The number of nitrogens with one attached hydrogen (secondary N) is 1. The van der Waals surface area contributed by atoms with Gasteiger partial charge in [-0.15, -0.1) is 0 Å². The zero-order chi connectivity index (χ0) is 20.2. The number of methoxy groups -OCH3 is 1. The predicted octanol–water partition coefficient (Wildman–Crippen LogP) is 4.24. The van der Waals surface area contributed by atoms with Gasteiger partial charge < -0.3 is 13.6 Å². The molecule has 0 bridgehead atoms. The summed E-state index contributed by atoms with van der Waals surface area (Å²) in [5.41, 5.74) is 4.30. The van der Waals surface area contributed by atoms with Crippen LogP contribution in [0.4, 0.5) is 0 Å². The van der Waals surface area contributed by atoms with E-state index < -0.39 is 11.9 Å². The number of benzene rings is 2. The molecule has 2 heterocycles. The number of hydrogen-bond acceptors (Lipinski definition) is 6. The van der Waals surface area contributed by atoms with Crippen molar-refractivity contribution in [3.63, 3.8) is 0 Å². The molecular weight excluding hydrogens is 372 g/mol. The number of carbonyl (C=O) groups excluding carboxylic acids is 2. The first-order chi connectivity index (χ1) is 14.1. The van der Waals surface area contributed by atoms with Crippen LogP contribution in [0.2, 0.25) is 0 Å². The molecule has 0 saturated heterocycles. The maximum absolute atomic E-state index is 12.2. The summed E-state index contributed by atoms with van der Waals surface area (Å²) in [6.07, 6.45) is 1.40. The average Bonchev–Trinajstić information content (AvgIpc) is 3.40. The Morgan fingerprint density at radius 1 is 1.00 bits per heavy atom. The van der Waals surface area contributed by atoms with E-state index in [1.54, 1.807) is 48.5 Å². The normalized spacial score (nSPS) is 11.1. The van der Waals surface area contributed by atoms with Crippen LogP contribution >= 0.6 is 0 Å². The molecule has 4 rings (SSSR count). The Morgan fingerprint density at radius 3 is 2.55 bits per heavy atom. The third kappa shape index (κ3) is 3.93. The first-order valence-corrected chi connectivity index (χ1v) is 8.74. The van der Waals surface area contributed by atoms with Crippen molar-refractivity contribution in [1.29, 1.82) is 0 Å². The average molecular weight is 388 g/mol. The quantitative estimate of drug-likeness (QED) is 0.313. The van der Waals surface area contributed by atoms with E-state index in [-0.39, 0.29) is 5.76 Å². The summed E-state index contributed by atoms with van der Waals surface area (Å²) in [5, 5.41) is 4.75. The number of hydrogen-bond donors (Lipinski definition) is 1. The molecule has 0 atom stereocenters. The summed E-state index contributed by atoms with van der Waals surface area (Å²) >= 11 is 0. The van der Waals surface area contributed by atoms with Crippen LogP contribution in [0.3, 0.4) is 0 Å². The van der Waals surface area contributed by atoms with Crippen LogP contribution in [0.15, 0.2) is 80.7 Å². The maximum atomic E-state index is 12.2. The number of ether oxygens (including phenoxy) is 1. The Balaban J connectivity index is 1.41. The SMILES string of the molecule is COC(=O)c1ccc(-c2ccc(C=NNC(=O)c3cc4ccccc4o3)o2)cc1. The van der Waals surface area contributed by atoms with Crippen LogP contribution in [0, 0.1) is 0 Å². The van der Waals surface area contributed by atoms with Gasteiger partial charge in [0, 0.05) is 10.9 Å². The highest BCUT2D eigenvalue weighted by atomic mass is 16.5. The molecule has 0 radical (unpaired) electrons. The van der Waals surface area contributed by atoms with Crippen molar-refractivity contribution >= 4 is 29.1 Å². The lowest BCUT2D eigenvalue weighted by molar-refractivity contribution is 0.0600. The number of hydrazone groups is 1.